The van der Waals surface area contributed by atoms with Gasteiger partial charge in [-0.05, 0) is 145 Å². The van der Waals surface area contributed by atoms with Gasteiger partial charge in [-0.15, -0.1) is 6.58 Å². The van der Waals surface area contributed by atoms with Crippen LogP contribution in [-0.2, 0) is 0 Å². The summed E-state index contributed by atoms with van der Waals surface area (Å²) in [6.45, 7) is 41.8. The fourth-order valence-electron chi connectivity index (χ4n) is 8.82. The van der Waals surface area contributed by atoms with Crippen molar-refractivity contribution in [2.75, 3.05) is 0 Å². The Balaban J connectivity index is 0.00000318. The van der Waals surface area contributed by atoms with Gasteiger partial charge in [0.25, 0.3) is 0 Å². The van der Waals surface area contributed by atoms with Crippen LogP contribution in [-0.4, -0.2) is 5.54 Å². The Bertz CT molecular complexity index is 971. The summed E-state index contributed by atoms with van der Waals surface area (Å²) >= 11 is 0. The monoisotopic (exact) mass is 638 g/mol. The first-order valence-electron chi connectivity index (χ1n) is 19.9. The highest BCUT2D eigenvalue weighted by Gasteiger charge is 2.56. The van der Waals surface area contributed by atoms with Crippen molar-refractivity contribution in [3.8, 4) is 0 Å². The predicted molar refractivity (Wildman–Crippen MR) is 212 cm³/mol. The minimum Gasteiger partial charge on any atom is -0.384 e. The zero-order chi connectivity index (χ0) is 35.6. The summed E-state index contributed by atoms with van der Waals surface area (Å²) in [5.41, 5.74) is 8.46. The van der Waals surface area contributed by atoms with Crippen LogP contribution in [0.4, 0.5) is 0 Å². The molecule has 0 radical (unpaired) electrons. The zero-order valence-electron chi connectivity index (χ0n) is 33.9. The summed E-state index contributed by atoms with van der Waals surface area (Å²) in [6, 6.07) is 0. The predicted octanol–water partition coefficient (Wildman–Crippen LogP) is 15.3. The summed E-state index contributed by atoms with van der Waals surface area (Å²) in [5.74, 6) is 0.860. The Hall–Kier alpha value is -1.50. The second-order valence-corrected chi connectivity index (χ2v) is 16.0. The van der Waals surface area contributed by atoms with Crippen LogP contribution in [0.2, 0.25) is 0 Å². The number of hydrogen-bond donors (Lipinski definition) is 1. The lowest BCUT2D eigenvalue weighted by molar-refractivity contribution is 0.0559. The van der Waals surface area contributed by atoms with E-state index in [0.717, 1.165) is 18.8 Å². The number of nitrogens with one attached hydrogen (secondary N) is 1. The van der Waals surface area contributed by atoms with Gasteiger partial charge in [0.1, 0.15) is 0 Å². The van der Waals surface area contributed by atoms with Gasteiger partial charge in [-0.25, -0.2) is 0 Å². The molecule has 0 amide bonds. The zero-order valence-corrected chi connectivity index (χ0v) is 33.9. The van der Waals surface area contributed by atoms with Crippen LogP contribution < -0.4 is 5.32 Å². The van der Waals surface area contributed by atoms with E-state index in [1.54, 1.807) is 5.57 Å². The molecule has 3 saturated carbocycles. The number of hydrogen-bond acceptors (Lipinski definition) is 1. The molecular weight excluding hydrogens is 555 g/mol. The molecule has 1 N–H and O–H groups in total. The van der Waals surface area contributed by atoms with Crippen molar-refractivity contribution < 1.29 is 0 Å². The highest BCUT2D eigenvalue weighted by Crippen LogP contribution is 2.66. The number of unbranched alkanes of at least 4 members (excludes halogenated alkanes) is 1. The molecule has 3 aliphatic rings. The molecule has 0 aromatic heterocycles. The molecule has 3 atom stereocenters. The van der Waals surface area contributed by atoms with Gasteiger partial charge < -0.3 is 5.32 Å². The van der Waals surface area contributed by atoms with Crippen molar-refractivity contribution in [3.05, 3.63) is 59.9 Å². The second-order valence-electron chi connectivity index (χ2n) is 16.0. The molecule has 0 saturated heterocycles. The van der Waals surface area contributed by atoms with Crippen molar-refractivity contribution in [2.45, 2.75) is 205 Å². The Morgan fingerprint density at radius 3 is 2.07 bits per heavy atom. The minimum absolute atomic E-state index is 0.112. The van der Waals surface area contributed by atoms with Crippen molar-refractivity contribution in [1.82, 2.24) is 5.32 Å². The molecule has 0 aromatic carbocycles. The van der Waals surface area contributed by atoms with E-state index < -0.39 is 0 Å². The van der Waals surface area contributed by atoms with Crippen molar-refractivity contribution in [2.24, 2.45) is 22.2 Å². The first-order chi connectivity index (χ1) is 21.7. The molecule has 268 valence electrons. The summed E-state index contributed by atoms with van der Waals surface area (Å²) in [6.07, 6.45) is 26.8. The number of rotatable bonds is 14. The van der Waals surface area contributed by atoms with E-state index in [2.05, 4.69) is 85.7 Å². The Labute approximate surface area is 291 Å². The van der Waals surface area contributed by atoms with Crippen molar-refractivity contribution in [3.63, 3.8) is 0 Å². The average molecular weight is 638 g/mol. The first kappa shape index (κ1) is 44.5. The molecule has 0 heterocycles. The SMILES string of the molecule is C=C(C)CC(C)(C)CCCC(C)(C)NC(=C)CCCCC1CC[C@@]2(C)/C(=C/C=C3/CCCCC3=C)CCCC12C.CC.CC.CC. The Kier molecular flexibility index (Phi) is 20.8. The quantitative estimate of drug-likeness (QED) is 0.148. The van der Waals surface area contributed by atoms with Gasteiger partial charge in [-0.1, -0.05) is 124 Å². The summed E-state index contributed by atoms with van der Waals surface area (Å²) in [4.78, 5) is 0. The van der Waals surface area contributed by atoms with Gasteiger partial charge in [0.15, 0.2) is 0 Å². The lowest BCUT2D eigenvalue weighted by Gasteiger charge is -2.50. The van der Waals surface area contributed by atoms with Crippen molar-refractivity contribution in [1.29, 1.82) is 0 Å². The van der Waals surface area contributed by atoms with E-state index in [1.165, 1.54) is 119 Å². The van der Waals surface area contributed by atoms with Gasteiger partial charge in [0.2, 0.25) is 0 Å². The van der Waals surface area contributed by atoms with E-state index in [9.17, 15) is 0 Å². The highest BCUT2D eigenvalue weighted by molar-refractivity contribution is 5.36. The second kappa shape index (κ2) is 21.5. The lowest BCUT2D eigenvalue weighted by Crippen LogP contribution is -2.41. The largest absolute Gasteiger partial charge is 0.384 e. The minimum atomic E-state index is 0.112. The number of allylic oxidation sites excluding steroid dienone is 7. The topological polar surface area (TPSA) is 12.0 Å². The fourth-order valence-corrected chi connectivity index (χ4v) is 8.82. The molecule has 3 aliphatic carbocycles. The van der Waals surface area contributed by atoms with Crippen LogP contribution in [0.15, 0.2) is 59.9 Å². The van der Waals surface area contributed by atoms with E-state index in [1.807, 2.05) is 41.5 Å². The number of fused-ring (bicyclic) bond motifs is 1. The maximum absolute atomic E-state index is 4.43. The molecule has 1 heteroatoms. The molecular formula is C45H83N. The molecule has 46 heavy (non-hydrogen) atoms. The van der Waals surface area contributed by atoms with Crippen molar-refractivity contribution >= 4 is 0 Å². The average Bonchev–Trinajstić information content (AvgIpc) is 3.27. The molecule has 0 aromatic rings. The van der Waals surface area contributed by atoms with Crippen LogP contribution in [0.5, 0.6) is 0 Å². The van der Waals surface area contributed by atoms with Crippen LogP contribution in [0.1, 0.15) is 199 Å². The maximum Gasteiger partial charge on any atom is 0.0314 e. The van der Waals surface area contributed by atoms with Gasteiger partial charge in [-0.2, -0.15) is 0 Å². The Morgan fingerprint density at radius 1 is 0.826 bits per heavy atom. The first-order valence-corrected chi connectivity index (χ1v) is 19.9. The molecule has 0 aliphatic heterocycles. The highest BCUT2D eigenvalue weighted by atomic mass is 15.0. The third-order valence-corrected chi connectivity index (χ3v) is 11.4. The van der Waals surface area contributed by atoms with Gasteiger partial charge in [0, 0.05) is 11.2 Å². The third-order valence-electron chi connectivity index (χ3n) is 11.4. The molecule has 1 nitrogen and oxygen atoms in total. The molecule has 3 rings (SSSR count). The van der Waals surface area contributed by atoms with Crippen LogP contribution in [0.3, 0.4) is 0 Å². The van der Waals surface area contributed by atoms with E-state index >= 15 is 0 Å². The van der Waals surface area contributed by atoms with Crippen LogP contribution >= 0.6 is 0 Å². The molecule has 3 fully saturated rings. The maximum atomic E-state index is 4.43. The normalized spacial score (nSPS) is 26.1. The third kappa shape index (κ3) is 13.5. The standard InChI is InChI=1S/C39H65N.3C2H6/c1-30(2)29-36(5,6)25-16-26-37(7,8)40-32(4)18-12-14-20-35-24-28-39(10)34(21-15-27-38(35,39)9)23-22-33-19-13-11-17-31(33)3;3*1-2/h22-23,35,40H,1,3-4,11-21,24-29H2,2,5-10H3;3*1-2H3/b33-22-,34-23+;;;/t35?,38?,39-;;;/m0.../s1. The smallest absolute Gasteiger partial charge is 0.0314 e. The lowest BCUT2D eigenvalue weighted by atomic mass is 9.54. The summed E-state index contributed by atoms with van der Waals surface area (Å²) in [7, 11) is 0. The molecule has 0 bridgehead atoms. The van der Waals surface area contributed by atoms with Crippen LogP contribution in [0.25, 0.3) is 0 Å². The van der Waals surface area contributed by atoms with E-state index in [0.29, 0.717) is 16.2 Å². The molecule has 2 unspecified atom stereocenters. The Morgan fingerprint density at radius 2 is 1.46 bits per heavy atom. The van der Waals surface area contributed by atoms with Gasteiger partial charge in [-0.3, -0.25) is 0 Å². The fraction of sp³-hybridized carbons (Fsp3) is 0.778. The summed E-state index contributed by atoms with van der Waals surface area (Å²) in [5, 5.41) is 3.79. The van der Waals surface area contributed by atoms with Crippen LogP contribution in [0, 0.1) is 22.2 Å². The van der Waals surface area contributed by atoms with E-state index in [-0.39, 0.29) is 5.54 Å². The van der Waals surface area contributed by atoms with Gasteiger partial charge in [0.05, 0.1) is 0 Å². The summed E-state index contributed by atoms with van der Waals surface area (Å²) < 4.78 is 0. The van der Waals surface area contributed by atoms with Gasteiger partial charge >= 0.3 is 0 Å². The van der Waals surface area contributed by atoms with E-state index in [4.69, 9.17) is 0 Å². The molecule has 0 spiro atoms.